The summed E-state index contributed by atoms with van der Waals surface area (Å²) >= 11 is 5.25. The molecular formula is C15H18N2S. The van der Waals surface area contributed by atoms with Crippen molar-refractivity contribution in [1.82, 2.24) is 9.97 Å². The van der Waals surface area contributed by atoms with Crippen LogP contribution in [-0.2, 0) is 0 Å². The van der Waals surface area contributed by atoms with Gasteiger partial charge >= 0.3 is 0 Å². The summed E-state index contributed by atoms with van der Waals surface area (Å²) in [6, 6.07) is 8.37. The van der Waals surface area contributed by atoms with Crippen molar-refractivity contribution < 1.29 is 0 Å². The van der Waals surface area contributed by atoms with Gasteiger partial charge in [0.15, 0.2) is 0 Å². The van der Waals surface area contributed by atoms with Gasteiger partial charge in [-0.25, -0.2) is 4.98 Å². The molecule has 0 radical (unpaired) electrons. The predicted molar refractivity (Wildman–Crippen MR) is 78.4 cm³/mol. The van der Waals surface area contributed by atoms with Gasteiger partial charge in [-0.1, -0.05) is 43.8 Å². The molecule has 2 rings (SSSR count). The van der Waals surface area contributed by atoms with Crippen LogP contribution < -0.4 is 0 Å². The summed E-state index contributed by atoms with van der Waals surface area (Å²) in [5.41, 5.74) is 4.75. The van der Waals surface area contributed by atoms with E-state index in [1.807, 2.05) is 6.07 Å². The van der Waals surface area contributed by atoms with Crippen molar-refractivity contribution in [2.45, 2.75) is 33.6 Å². The van der Waals surface area contributed by atoms with Gasteiger partial charge in [-0.15, -0.1) is 0 Å². The van der Waals surface area contributed by atoms with Crippen LogP contribution in [0.2, 0.25) is 0 Å². The van der Waals surface area contributed by atoms with Gasteiger partial charge < -0.3 is 4.98 Å². The molecule has 0 bridgehead atoms. The van der Waals surface area contributed by atoms with Crippen molar-refractivity contribution >= 4 is 12.2 Å². The maximum atomic E-state index is 5.25. The van der Waals surface area contributed by atoms with Crippen LogP contribution in [0.4, 0.5) is 0 Å². The average Bonchev–Trinajstić information content (AvgIpc) is 2.31. The van der Waals surface area contributed by atoms with Crippen molar-refractivity contribution in [2.24, 2.45) is 0 Å². The number of hydrogen-bond donors (Lipinski definition) is 1. The summed E-state index contributed by atoms with van der Waals surface area (Å²) in [7, 11) is 0. The number of hydrogen-bond acceptors (Lipinski definition) is 2. The van der Waals surface area contributed by atoms with E-state index in [0.717, 1.165) is 11.5 Å². The Labute approximate surface area is 113 Å². The van der Waals surface area contributed by atoms with E-state index in [1.165, 1.54) is 16.7 Å². The molecule has 2 nitrogen and oxygen atoms in total. The number of aromatic nitrogens is 2. The maximum Gasteiger partial charge on any atom is 0.130 e. The first-order valence-electron chi connectivity index (χ1n) is 6.16. The summed E-state index contributed by atoms with van der Waals surface area (Å²) in [6.45, 7) is 8.43. The first-order valence-corrected chi connectivity index (χ1v) is 6.57. The number of nitrogens with zero attached hydrogens (tertiary/aromatic N) is 1. The highest BCUT2D eigenvalue weighted by Gasteiger charge is 2.07. The van der Waals surface area contributed by atoms with E-state index in [4.69, 9.17) is 12.2 Å². The van der Waals surface area contributed by atoms with Gasteiger partial charge in [-0.3, -0.25) is 0 Å². The van der Waals surface area contributed by atoms with E-state index in [-0.39, 0.29) is 0 Å². The zero-order valence-corrected chi connectivity index (χ0v) is 12.1. The van der Waals surface area contributed by atoms with E-state index in [2.05, 4.69) is 55.9 Å². The minimum absolute atomic E-state index is 0.344. The highest BCUT2D eigenvalue weighted by molar-refractivity contribution is 7.71. The monoisotopic (exact) mass is 258 g/mol. The Bertz CT molecular complexity index is 627. The van der Waals surface area contributed by atoms with Gasteiger partial charge in [-0.05, 0) is 31.5 Å². The zero-order chi connectivity index (χ0) is 13.3. The summed E-state index contributed by atoms with van der Waals surface area (Å²) < 4.78 is 0.647. The van der Waals surface area contributed by atoms with Crippen LogP contribution in [0.1, 0.15) is 36.7 Å². The van der Waals surface area contributed by atoms with E-state index >= 15 is 0 Å². The third-order valence-electron chi connectivity index (χ3n) is 2.99. The molecule has 3 heteroatoms. The van der Waals surface area contributed by atoms with E-state index in [1.54, 1.807) is 0 Å². The minimum atomic E-state index is 0.344. The lowest BCUT2D eigenvalue weighted by molar-refractivity contribution is 0.773. The normalized spacial score (nSPS) is 10.9. The highest BCUT2D eigenvalue weighted by atomic mass is 32.1. The number of benzene rings is 1. The van der Waals surface area contributed by atoms with Crippen molar-refractivity contribution in [1.29, 1.82) is 0 Å². The highest BCUT2D eigenvalue weighted by Crippen LogP contribution is 2.24. The van der Waals surface area contributed by atoms with Crippen LogP contribution in [0.15, 0.2) is 24.3 Å². The van der Waals surface area contributed by atoms with Gasteiger partial charge in [0.05, 0.1) is 0 Å². The van der Waals surface area contributed by atoms with Crippen molar-refractivity contribution in [3.8, 4) is 11.3 Å². The standard InChI is InChI=1S/C15H18N2S/c1-9(2)15-16-13(8-14(18)17-15)12-7-10(3)5-6-11(12)4/h5-9H,1-4H3,(H,16,17,18). The van der Waals surface area contributed by atoms with E-state index in [9.17, 15) is 0 Å². The van der Waals surface area contributed by atoms with Crippen molar-refractivity contribution in [3.63, 3.8) is 0 Å². The minimum Gasteiger partial charge on any atom is -0.343 e. The molecule has 1 N–H and O–H groups in total. The number of aryl methyl sites for hydroxylation is 2. The lowest BCUT2D eigenvalue weighted by Gasteiger charge is -2.11. The van der Waals surface area contributed by atoms with E-state index < -0.39 is 0 Å². The maximum absolute atomic E-state index is 5.25. The van der Waals surface area contributed by atoms with Crippen LogP contribution in [0.3, 0.4) is 0 Å². The van der Waals surface area contributed by atoms with Crippen LogP contribution in [0.5, 0.6) is 0 Å². The number of H-pyrrole nitrogens is 1. The van der Waals surface area contributed by atoms with Crippen molar-refractivity contribution in [2.75, 3.05) is 0 Å². The van der Waals surface area contributed by atoms with Crippen molar-refractivity contribution in [3.05, 3.63) is 45.9 Å². The Morgan fingerprint density at radius 2 is 1.89 bits per heavy atom. The fourth-order valence-electron chi connectivity index (χ4n) is 1.92. The van der Waals surface area contributed by atoms with Gasteiger partial charge in [0.2, 0.25) is 0 Å². The summed E-state index contributed by atoms with van der Waals surface area (Å²) in [6.07, 6.45) is 0. The third-order valence-corrected chi connectivity index (χ3v) is 3.20. The molecule has 0 aliphatic heterocycles. The number of nitrogens with one attached hydrogen (secondary N) is 1. The molecule has 0 aliphatic rings. The molecule has 1 aromatic heterocycles. The molecule has 1 aromatic carbocycles. The molecule has 0 saturated heterocycles. The summed E-state index contributed by atoms with van der Waals surface area (Å²) in [4.78, 5) is 7.76. The molecule has 0 amide bonds. The number of aromatic amines is 1. The quantitative estimate of drug-likeness (QED) is 0.801. The fourth-order valence-corrected chi connectivity index (χ4v) is 2.14. The molecule has 2 aromatic rings. The second kappa shape index (κ2) is 5.02. The van der Waals surface area contributed by atoms with Gasteiger partial charge in [0.1, 0.15) is 10.5 Å². The molecule has 0 aliphatic carbocycles. The lowest BCUT2D eigenvalue weighted by atomic mass is 10.0. The summed E-state index contributed by atoms with van der Waals surface area (Å²) in [5.74, 6) is 1.29. The van der Waals surface area contributed by atoms with Crippen LogP contribution in [0.25, 0.3) is 11.3 Å². The Balaban J connectivity index is 2.63. The van der Waals surface area contributed by atoms with E-state index in [0.29, 0.717) is 10.6 Å². The van der Waals surface area contributed by atoms with Gasteiger partial charge in [-0.2, -0.15) is 0 Å². The molecule has 0 saturated carbocycles. The second-order valence-corrected chi connectivity index (χ2v) is 5.41. The lowest BCUT2D eigenvalue weighted by Crippen LogP contribution is -2.00. The molecule has 18 heavy (non-hydrogen) atoms. The Morgan fingerprint density at radius 1 is 1.17 bits per heavy atom. The second-order valence-electron chi connectivity index (χ2n) is 4.99. The molecule has 0 spiro atoms. The smallest absolute Gasteiger partial charge is 0.130 e. The Morgan fingerprint density at radius 3 is 2.56 bits per heavy atom. The predicted octanol–water partition coefficient (Wildman–Crippen LogP) is 4.55. The average molecular weight is 258 g/mol. The molecular weight excluding hydrogens is 240 g/mol. The Hall–Kier alpha value is -1.48. The number of rotatable bonds is 2. The first-order chi connectivity index (χ1) is 8.47. The fraction of sp³-hybridized carbons (Fsp3) is 0.333. The molecule has 0 fully saturated rings. The first kappa shape index (κ1) is 13.0. The largest absolute Gasteiger partial charge is 0.343 e. The third kappa shape index (κ3) is 2.67. The molecule has 0 atom stereocenters. The van der Waals surface area contributed by atoms with Gasteiger partial charge in [0, 0.05) is 17.2 Å². The summed E-state index contributed by atoms with van der Waals surface area (Å²) in [5, 5.41) is 0. The molecule has 1 heterocycles. The zero-order valence-electron chi connectivity index (χ0n) is 11.2. The van der Waals surface area contributed by atoms with Crippen LogP contribution in [0, 0.1) is 18.5 Å². The Kier molecular flexibility index (Phi) is 3.62. The van der Waals surface area contributed by atoms with Crippen LogP contribution >= 0.6 is 12.2 Å². The van der Waals surface area contributed by atoms with Crippen LogP contribution in [-0.4, -0.2) is 9.97 Å². The molecule has 0 unspecified atom stereocenters. The topological polar surface area (TPSA) is 28.7 Å². The van der Waals surface area contributed by atoms with Gasteiger partial charge in [0.25, 0.3) is 0 Å². The molecule has 94 valence electrons. The SMILES string of the molecule is Cc1ccc(C)c(-c2cc(=S)nc(C(C)C)[nH]2)c1.